The summed E-state index contributed by atoms with van der Waals surface area (Å²) >= 11 is 12.0. The zero-order valence-electron chi connectivity index (χ0n) is 13.8. The van der Waals surface area contributed by atoms with Crippen LogP contribution in [0.5, 0.6) is 0 Å². The average molecular weight is 397 g/mol. The molecule has 1 atom stereocenters. The van der Waals surface area contributed by atoms with Crippen LogP contribution in [0, 0.1) is 0 Å². The maximum atomic E-state index is 11.4. The van der Waals surface area contributed by atoms with Gasteiger partial charge in [0.15, 0.2) is 0 Å². The summed E-state index contributed by atoms with van der Waals surface area (Å²) in [7, 11) is 0. The largest absolute Gasteiger partial charge is 0.480 e. The van der Waals surface area contributed by atoms with Crippen LogP contribution in [-0.4, -0.2) is 40.0 Å². The summed E-state index contributed by atoms with van der Waals surface area (Å²) in [6, 6.07) is 5.93. The van der Waals surface area contributed by atoms with Crippen molar-refractivity contribution in [2.24, 2.45) is 5.73 Å². The van der Waals surface area contributed by atoms with Crippen LogP contribution in [0.2, 0.25) is 10.0 Å². The van der Waals surface area contributed by atoms with Crippen molar-refractivity contribution in [3.63, 3.8) is 0 Å². The molecule has 9 heteroatoms. The number of carbonyl (C=O) groups excluding carboxylic acids is 1. The molecule has 1 aromatic carbocycles. The van der Waals surface area contributed by atoms with Gasteiger partial charge in [-0.1, -0.05) is 29.3 Å². The Morgan fingerprint density at radius 1 is 1.23 bits per heavy atom. The van der Waals surface area contributed by atoms with E-state index in [1.54, 1.807) is 24.3 Å². The fraction of sp³-hybridized carbons (Fsp3) is 0.294. The molecular weight excluding hydrogens is 379 g/mol. The Hall–Kier alpha value is -2.22. The Balaban J connectivity index is 2.05. The third kappa shape index (κ3) is 5.39. The molecule has 0 radical (unpaired) electrons. The molecule has 0 aliphatic heterocycles. The number of carbonyl (C=O) groups is 2. The van der Waals surface area contributed by atoms with Crippen molar-refractivity contribution in [2.75, 3.05) is 11.4 Å². The van der Waals surface area contributed by atoms with Crippen molar-refractivity contribution in [3.05, 3.63) is 40.6 Å². The maximum Gasteiger partial charge on any atom is 0.320 e. The van der Waals surface area contributed by atoms with E-state index in [1.165, 1.54) is 11.2 Å². The van der Waals surface area contributed by atoms with Gasteiger partial charge in [0.1, 0.15) is 18.2 Å². The zero-order chi connectivity index (χ0) is 19.1. The number of benzene rings is 1. The molecule has 2 aromatic rings. The third-order valence-corrected chi connectivity index (χ3v) is 4.51. The number of hydrogen-bond acceptors (Lipinski definition) is 5. The number of nitrogens with two attached hydrogens (primary N) is 1. The van der Waals surface area contributed by atoms with Crippen LogP contribution in [0.4, 0.5) is 5.82 Å². The van der Waals surface area contributed by atoms with E-state index in [0.717, 1.165) is 5.56 Å². The van der Waals surface area contributed by atoms with E-state index in [4.69, 9.17) is 34.0 Å². The monoisotopic (exact) mass is 396 g/mol. The van der Waals surface area contributed by atoms with Crippen molar-refractivity contribution in [3.8, 4) is 11.3 Å². The van der Waals surface area contributed by atoms with Crippen molar-refractivity contribution in [2.45, 2.75) is 25.3 Å². The lowest BCUT2D eigenvalue weighted by molar-refractivity contribution is -0.138. The van der Waals surface area contributed by atoms with E-state index >= 15 is 0 Å². The van der Waals surface area contributed by atoms with E-state index in [1.807, 2.05) is 0 Å². The minimum Gasteiger partial charge on any atom is -0.480 e. The van der Waals surface area contributed by atoms with Crippen molar-refractivity contribution < 1.29 is 14.7 Å². The number of carboxylic acid groups (broad SMARTS) is 1. The Morgan fingerprint density at radius 2 is 2.00 bits per heavy atom. The Kier molecular flexibility index (Phi) is 7.32. The van der Waals surface area contributed by atoms with Crippen molar-refractivity contribution in [1.29, 1.82) is 0 Å². The lowest BCUT2D eigenvalue weighted by atomic mass is 10.1. The van der Waals surface area contributed by atoms with Crippen LogP contribution in [0.1, 0.15) is 19.3 Å². The number of aromatic nitrogens is 2. The van der Waals surface area contributed by atoms with Gasteiger partial charge >= 0.3 is 5.97 Å². The molecule has 0 bridgehead atoms. The lowest BCUT2D eigenvalue weighted by Crippen LogP contribution is -2.30. The summed E-state index contributed by atoms with van der Waals surface area (Å²) in [5.74, 6) is -0.585. The predicted molar refractivity (Wildman–Crippen MR) is 100 cm³/mol. The Bertz CT molecular complexity index is 788. The van der Waals surface area contributed by atoms with Gasteiger partial charge in [0, 0.05) is 18.2 Å². The maximum absolute atomic E-state index is 11.4. The summed E-state index contributed by atoms with van der Waals surface area (Å²) in [6.45, 7) is 0.396. The number of halogens is 2. The van der Waals surface area contributed by atoms with Gasteiger partial charge in [0.2, 0.25) is 6.41 Å². The molecule has 1 heterocycles. The molecule has 26 heavy (non-hydrogen) atoms. The number of unbranched alkanes of at least 4 members (excludes halogenated alkanes) is 1. The van der Waals surface area contributed by atoms with Crippen LogP contribution in [-0.2, 0) is 9.59 Å². The highest BCUT2D eigenvalue weighted by Gasteiger charge is 2.13. The minimum atomic E-state index is -1.03. The standard InChI is InChI=1S/C17H18Cl2N4O3/c18-12-5-4-11(7-13(12)19)15-8-16(22-9-21-15)23(10-24)6-2-1-3-14(20)17(25)26/h4-5,7-10,14H,1-3,6,20H2,(H,25,26)/t14-/m0/s1. The van der Waals surface area contributed by atoms with Gasteiger partial charge in [-0.15, -0.1) is 0 Å². The highest BCUT2D eigenvalue weighted by molar-refractivity contribution is 6.42. The summed E-state index contributed by atoms with van der Waals surface area (Å²) in [6.07, 6.45) is 3.58. The molecule has 0 saturated carbocycles. The number of amides is 1. The first-order valence-electron chi connectivity index (χ1n) is 7.90. The van der Waals surface area contributed by atoms with Crippen molar-refractivity contribution >= 4 is 41.4 Å². The van der Waals surface area contributed by atoms with Crippen LogP contribution < -0.4 is 10.6 Å². The minimum absolute atomic E-state index is 0.348. The van der Waals surface area contributed by atoms with Crippen LogP contribution >= 0.6 is 23.2 Å². The predicted octanol–water partition coefficient (Wildman–Crippen LogP) is 3.00. The number of carboxylic acids is 1. The van der Waals surface area contributed by atoms with Gasteiger partial charge in [0.05, 0.1) is 15.7 Å². The van der Waals surface area contributed by atoms with Gasteiger partial charge in [-0.3, -0.25) is 14.5 Å². The molecule has 1 aromatic heterocycles. The van der Waals surface area contributed by atoms with Crippen LogP contribution in [0.3, 0.4) is 0 Å². The van der Waals surface area contributed by atoms with Gasteiger partial charge in [-0.2, -0.15) is 0 Å². The highest BCUT2D eigenvalue weighted by atomic mass is 35.5. The summed E-state index contributed by atoms with van der Waals surface area (Å²) in [5, 5.41) is 9.62. The molecule has 0 aliphatic rings. The third-order valence-electron chi connectivity index (χ3n) is 3.77. The second-order valence-corrected chi connectivity index (χ2v) is 6.44. The fourth-order valence-corrected chi connectivity index (χ4v) is 2.61. The number of nitrogens with zero attached hydrogens (tertiary/aromatic N) is 3. The molecule has 0 unspecified atom stereocenters. The number of hydrogen-bond donors (Lipinski definition) is 2. The van der Waals surface area contributed by atoms with E-state index in [9.17, 15) is 9.59 Å². The smallest absolute Gasteiger partial charge is 0.320 e. The lowest BCUT2D eigenvalue weighted by Gasteiger charge is -2.17. The zero-order valence-corrected chi connectivity index (χ0v) is 15.3. The Morgan fingerprint density at radius 3 is 2.65 bits per heavy atom. The highest BCUT2D eigenvalue weighted by Crippen LogP contribution is 2.28. The van der Waals surface area contributed by atoms with Gasteiger partial charge in [0.25, 0.3) is 0 Å². The van der Waals surface area contributed by atoms with Gasteiger partial charge in [-0.05, 0) is 31.4 Å². The number of aliphatic carboxylic acids is 1. The molecule has 2 rings (SSSR count). The summed E-state index contributed by atoms with van der Waals surface area (Å²) < 4.78 is 0. The van der Waals surface area contributed by atoms with Gasteiger partial charge < -0.3 is 10.8 Å². The van der Waals surface area contributed by atoms with Crippen LogP contribution in [0.15, 0.2) is 30.6 Å². The topological polar surface area (TPSA) is 109 Å². The van der Waals surface area contributed by atoms with E-state index < -0.39 is 12.0 Å². The SMILES string of the molecule is N[C@@H](CCCCN(C=O)c1cc(-c2ccc(Cl)c(Cl)c2)ncn1)C(=O)O. The van der Waals surface area contributed by atoms with E-state index in [0.29, 0.717) is 53.8 Å². The molecule has 1 amide bonds. The summed E-state index contributed by atoms with van der Waals surface area (Å²) in [5.41, 5.74) is 6.82. The molecule has 7 nitrogen and oxygen atoms in total. The molecule has 3 N–H and O–H groups in total. The van der Waals surface area contributed by atoms with E-state index in [2.05, 4.69) is 9.97 Å². The normalized spacial score (nSPS) is 11.8. The van der Waals surface area contributed by atoms with E-state index in [-0.39, 0.29) is 0 Å². The number of anilines is 1. The second kappa shape index (κ2) is 9.47. The van der Waals surface area contributed by atoms with Crippen molar-refractivity contribution in [1.82, 2.24) is 9.97 Å². The first-order valence-corrected chi connectivity index (χ1v) is 8.65. The Labute approximate surface area is 160 Å². The van der Waals surface area contributed by atoms with Crippen LogP contribution in [0.25, 0.3) is 11.3 Å². The first kappa shape index (κ1) is 20.1. The average Bonchev–Trinajstić information content (AvgIpc) is 2.64. The molecule has 0 fully saturated rings. The first-order chi connectivity index (χ1) is 12.4. The molecule has 0 spiro atoms. The molecule has 138 valence electrons. The molecular formula is C17H18Cl2N4O3. The quantitative estimate of drug-likeness (QED) is 0.497. The molecule has 0 aliphatic carbocycles. The molecule has 0 saturated heterocycles. The second-order valence-electron chi connectivity index (χ2n) is 5.63. The summed E-state index contributed by atoms with van der Waals surface area (Å²) in [4.78, 5) is 31.9. The number of rotatable bonds is 9. The fourth-order valence-electron chi connectivity index (χ4n) is 2.31. The van der Waals surface area contributed by atoms with Gasteiger partial charge in [-0.25, -0.2) is 9.97 Å².